The smallest absolute Gasteiger partial charge is 0.155 e. The van der Waals surface area contributed by atoms with Gasteiger partial charge in [-0.1, -0.05) is 170 Å². The summed E-state index contributed by atoms with van der Waals surface area (Å²) in [4.78, 5) is 10.8. The summed E-state index contributed by atoms with van der Waals surface area (Å²) in [6.45, 7) is 0.659. The molecule has 9 aromatic carbocycles. The summed E-state index contributed by atoms with van der Waals surface area (Å²) in [5, 5.41) is 4.65. The number of fused-ring (bicyclic) bond motifs is 9. The van der Waals surface area contributed by atoms with Gasteiger partial charge >= 0.3 is 0 Å². The summed E-state index contributed by atoms with van der Waals surface area (Å²) in [5.41, 5.74) is 17.5. The SMILES string of the molecule is C1=C(c2ccccc2)CCCN=C(c2cccc(-n3c4ccccc4c4cc5c(cc43)C(c3ccccc3)(c3ccccc3)c3ccccc3-5)c2)N=C1c1ccc2c(c1)oc1ccccc12. The molecule has 1 aliphatic carbocycles. The molecule has 0 atom stereocenters. The fourth-order valence-corrected chi connectivity index (χ4v) is 10.9. The van der Waals surface area contributed by atoms with Crippen LogP contribution in [0.5, 0.6) is 0 Å². The van der Waals surface area contributed by atoms with E-state index in [2.05, 4.69) is 217 Å². The second-order valence-electron chi connectivity index (χ2n) is 17.5. The Balaban J connectivity index is 1.01. The lowest BCUT2D eigenvalue weighted by Gasteiger charge is -2.34. The average Bonchev–Trinajstić information content (AvgIpc) is 4.04. The zero-order valence-electron chi connectivity index (χ0n) is 36.2. The third kappa shape index (κ3) is 5.99. The van der Waals surface area contributed by atoms with Gasteiger partial charge in [-0.25, -0.2) is 4.99 Å². The van der Waals surface area contributed by atoms with Crippen LogP contribution in [0.3, 0.4) is 0 Å². The van der Waals surface area contributed by atoms with Crippen LogP contribution in [0.1, 0.15) is 51.8 Å². The first-order valence-electron chi connectivity index (χ1n) is 22.9. The van der Waals surface area contributed by atoms with Crippen molar-refractivity contribution in [2.24, 2.45) is 9.98 Å². The summed E-state index contributed by atoms with van der Waals surface area (Å²) in [5.74, 6) is 0.714. The molecule has 1 aliphatic heterocycles. The van der Waals surface area contributed by atoms with Gasteiger partial charge in [-0.3, -0.25) is 4.99 Å². The number of nitrogens with zero attached hydrogens (tertiary/aromatic N) is 3. The Morgan fingerprint density at radius 3 is 1.95 bits per heavy atom. The van der Waals surface area contributed by atoms with Crippen LogP contribution in [0.2, 0.25) is 0 Å². The molecule has 0 N–H and O–H groups in total. The summed E-state index contributed by atoms with van der Waals surface area (Å²) in [6, 6.07) is 79.1. The number of furan rings is 1. The number of aliphatic imine (C=N–C) groups is 2. The second kappa shape index (κ2) is 15.4. The average molecular weight is 846 g/mol. The number of hydrogen-bond acceptors (Lipinski definition) is 3. The monoisotopic (exact) mass is 845 g/mol. The first-order valence-corrected chi connectivity index (χ1v) is 22.9. The number of amidine groups is 1. The Bertz CT molecular complexity index is 3740. The van der Waals surface area contributed by atoms with Gasteiger partial charge in [-0.2, -0.15) is 0 Å². The molecule has 0 amide bonds. The van der Waals surface area contributed by atoms with E-state index in [0.29, 0.717) is 12.4 Å². The van der Waals surface area contributed by atoms with Crippen molar-refractivity contribution >= 4 is 60.9 Å². The highest BCUT2D eigenvalue weighted by molar-refractivity contribution is 6.21. The highest BCUT2D eigenvalue weighted by atomic mass is 16.3. The van der Waals surface area contributed by atoms with Crippen LogP contribution in [0.25, 0.3) is 66.1 Å². The Labute approximate surface area is 383 Å². The molecule has 66 heavy (non-hydrogen) atoms. The highest BCUT2D eigenvalue weighted by Gasteiger charge is 2.46. The molecule has 2 aromatic heterocycles. The summed E-state index contributed by atoms with van der Waals surface area (Å²) in [6.07, 6.45) is 4.05. The van der Waals surface area contributed by atoms with Crippen molar-refractivity contribution in [3.8, 4) is 16.8 Å². The fourth-order valence-electron chi connectivity index (χ4n) is 10.9. The van der Waals surface area contributed by atoms with Crippen molar-refractivity contribution in [2.45, 2.75) is 18.3 Å². The molecule has 4 heteroatoms. The number of aromatic nitrogens is 1. The van der Waals surface area contributed by atoms with Crippen LogP contribution in [-0.2, 0) is 5.41 Å². The molecular formula is C62H43N3O. The summed E-state index contributed by atoms with van der Waals surface area (Å²) >= 11 is 0. The van der Waals surface area contributed by atoms with Crippen molar-refractivity contribution in [3.05, 3.63) is 263 Å². The Kier molecular flexibility index (Phi) is 8.92. The standard InChI is InChI=1S/C62H43N3O/c1-4-18-41(19-5-1)42-21-17-35-63-61(64-56(37-42)43-33-34-51-50-29-12-15-32-59(50)66-60(51)38-43)44-20-16-26-47(36-44)65-57-31-14-11-28-49(57)53-39-52-48-27-10-13-30-54(48)62(55(52)40-58(53)65,45-22-6-2-7-23-45)46-24-8-3-9-25-46/h1-16,18-20,22-34,36-40H,17,21,35H2. The Morgan fingerprint density at radius 1 is 0.455 bits per heavy atom. The Morgan fingerprint density at radius 2 is 1.14 bits per heavy atom. The van der Waals surface area contributed by atoms with E-state index in [9.17, 15) is 0 Å². The topological polar surface area (TPSA) is 42.8 Å². The molecule has 3 heterocycles. The van der Waals surface area contributed by atoms with Crippen LogP contribution >= 0.6 is 0 Å². The number of allylic oxidation sites excluding steroid dienone is 2. The molecular weight excluding hydrogens is 803 g/mol. The van der Waals surface area contributed by atoms with Gasteiger partial charge in [-0.05, 0) is 112 Å². The van der Waals surface area contributed by atoms with Crippen molar-refractivity contribution in [1.29, 1.82) is 0 Å². The van der Waals surface area contributed by atoms with Gasteiger partial charge in [0.25, 0.3) is 0 Å². The molecule has 0 saturated heterocycles. The maximum Gasteiger partial charge on any atom is 0.155 e. The van der Waals surface area contributed by atoms with E-state index < -0.39 is 5.41 Å². The zero-order valence-corrected chi connectivity index (χ0v) is 36.2. The molecule has 0 unspecified atom stereocenters. The fraction of sp³-hybridized carbons (Fsp3) is 0.0645. The van der Waals surface area contributed by atoms with Gasteiger partial charge < -0.3 is 8.98 Å². The van der Waals surface area contributed by atoms with Gasteiger partial charge in [0.05, 0.1) is 22.2 Å². The number of hydrogen-bond donors (Lipinski definition) is 0. The maximum absolute atomic E-state index is 6.42. The third-order valence-electron chi connectivity index (χ3n) is 13.8. The molecule has 0 spiro atoms. The van der Waals surface area contributed by atoms with E-state index in [0.717, 1.165) is 68.3 Å². The lowest BCUT2D eigenvalue weighted by molar-refractivity contribution is 0.669. The molecule has 4 nitrogen and oxygen atoms in total. The van der Waals surface area contributed by atoms with Crippen molar-refractivity contribution in [1.82, 2.24) is 4.57 Å². The van der Waals surface area contributed by atoms with Gasteiger partial charge in [0, 0.05) is 44.9 Å². The summed E-state index contributed by atoms with van der Waals surface area (Å²) in [7, 11) is 0. The molecule has 0 fully saturated rings. The van der Waals surface area contributed by atoms with Crippen LogP contribution in [-0.4, -0.2) is 22.7 Å². The zero-order chi connectivity index (χ0) is 43.6. The minimum Gasteiger partial charge on any atom is -0.456 e. The largest absolute Gasteiger partial charge is 0.456 e. The predicted molar refractivity (Wildman–Crippen MR) is 273 cm³/mol. The van der Waals surface area contributed by atoms with Gasteiger partial charge in [0.1, 0.15) is 11.2 Å². The maximum atomic E-state index is 6.42. The second-order valence-corrected chi connectivity index (χ2v) is 17.5. The van der Waals surface area contributed by atoms with Gasteiger partial charge in [0.2, 0.25) is 0 Å². The molecule has 0 saturated carbocycles. The predicted octanol–water partition coefficient (Wildman–Crippen LogP) is 15.2. The quantitative estimate of drug-likeness (QED) is 0.164. The van der Waals surface area contributed by atoms with Crippen molar-refractivity contribution in [2.75, 3.05) is 6.54 Å². The third-order valence-corrected chi connectivity index (χ3v) is 13.8. The molecule has 0 radical (unpaired) electrons. The van der Waals surface area contributed by atoms with Gasteiger partial charge in [-0.15, -0.1) is 0 Å². The van der Waals surface area contributed by atoms with Crippen LogP contribution in [0.4, 0.5) is 0 Å². The summed E-state index contributed by atoms with van der Waals surface area (Å²) < 4.78 is 8.86. The lowest BCUT2D eigenvalue weighted by Crippen LogP contribution is -2.28. The van der Waals surface area contributed by atoms with Crippen LogP contribution in [0, 0.1) is 0 Å². The minimum atomic E-state index is -0.513. The van der Waals surface area contributed by atoms with Crippen LogP contribution in [0.15, 0.2) is 239 Å². The van der Waals surface area contributed by atoms with Gasteiger partial charge in [0.15, 0.2) is 5.84 Å². The molecule has 0 bridgehead atoms. The lowest BCUT2D eigenvalue weighted by atomic mass is 9.67. The van der Waals surface area contributed by atoms with E-state index in [4.69, 9.17) is 14.4 Å². The number of benzene rings is 9. The molecule has 13 rings (SSSR count). The highest BCUT2D eigenvalue weighted by Crippen LogP contribution is 2.57. The van der Waals surface area contributed by atoms with E-state index in [1.807, 2.05) is 12.1 Å². The molecule has 312 valence electrons. The van der Waals surface area contributed by atoms with Crippen molar-refractivity contribution < 1.29 is 4.42 Å². The van der Waals surface area contributed by atoms with E-state index >= 15 is 0 Å². The number of para-hydroxylation sites is 2. The van der Waals surface area contributed by atoms with E-state index in [1.54, 1.807) is 0 Å². The normalized spacial score (nSPS) is 14.6. The first kappa shape index (κ1) is 38.1. The van der Waals surface area contributed by atoms with Crippen molar-refractivity contribution in [3.63, 3.8) is 0 Å². The molecule has 11 aromatic rings. The van der Waals surface area contributed by atoms with Crippen LogP contribution < -0.4 is 0 Å². The van der Waals surface area contributed by atoms with E-state index in [-0.39, 0.29) is 0 Å². The Hall–Kier alpha value is -8.34. The first-order chi connectivity index (χ1) is 32.7. The molecule has 2 aliphatic rings. The van der Waals surface area contributed by atoms with E-state index in [1.165, 1.54) is 55.3 Å². The number of rotatable bonds is 6. The minimum absolute atomic E-state index is 0.513.